The van der Waals surface area contributed by atoms with E-state index >= 15 is 0 Å². The summed E-state index contributed by atoms with van der Waals surface area (Å²) < 4.78 is 7.29. The average molecular weight is 370 g/mol. The van der Waals surface area contributed by atoms with Crippen molar-refractivity contribution in [3.8, 4) is 5.95 Å². The summed E-state index contributed by atoms with van der Waals surface area (Å²) in [5.41, 5.74) is 2.07. The van der Waals surface area contributed by atoms with Gasteiger partial charge in [0.2, 0.25) is 5.89 Å². The Bertz CT molecular complexity index is 881. The summed E-state index contributed by atoms with van der Waals surface area (Å²) in [6.07, 6.45) is 1.63. The van der Waals surface area contributed by atoms with Gasteiger partial charge in [0.15, 0.2) is 0 Å². The Hall–Kier alpha value is -2.58. The van der Waals surface area contributed by atoms with Crippen LogP contribution < -0.4 is 5.32 Å². The van der Waals surface area contributed by atoms with Gasteiger partial charge in [0.25, 0.3) is 5.95 Å². The lowest BCUT2D eigenvalue weighted by Gasteiger charge is -2.36. The van der Waals surface area contributed by atoms with E-state index in [1.54, 1.807) is 4.68 Å². The highest BCUT2D eigenvalue weighted by Crippen LogP contribution is 2.27. The molecule has 1 aliphatic rings. The number of aldehydes is 1. The number of rotatable bonds is 6. The minimum atomic E-state index is 0.329. The molecule has 0 spiro atoms. The third-order valence-corrected chi connectivity index (χ3v) is 4.60. The van der Waals surface area contributed by atoms with Crippen LogP contribution in [0.15, 0.2) is 28.8 Å². The molecule has 4 rings (SSSR count). The zero-order chi connectivity index (χ0) is 19.2. The second kappa shape index (κ2) is 8.88. The summed E-state index contributed by atoms with van der Waals surface area (Å²) in [6.45, 7) is 7.56. The fourth-order valence-electron chi connectivity index (χ4n) is 3.20. The maximum absolute atomic E-state index is 8.81. The number of aromatic nitrogens is 4. The van der Waals surface area contributed by atoms with Crippen molar-refractivity contribution in [2.75, 3.05) is 33.2 Å². The third kappa shape index (κ3) is 4.06. The van der Waals surface area contributed by atoms with Gasteiger partial charge in [-0.1, -0.05) is 25.1 Å². The van der Waals surface area contributed by atoms with Gasteiger partial charge in [-0.15, -0.1) is 0 Å². The molecule has 2 aromatic heterocycles. The van der Waals surface area contributed by atoms with Gasteiger partial charge in [-0.2, -0.15) is 14.8 Å². The molecule has 1 fully saturated rings. The number of benzene rings is 1. The van der Waals surface area contributed by atoms with Crippen molar-refractivity contribution in [2.24, 2.45) is 0 Å². The Balaban J connectivity index is 0.000000659. The number of carbonyl (C=O) groups is 1. The third-order valence-electron chi connectivity index (χ3n) is 4.60. The lowest BCUT2D eigenvalue weighted by Crippen LogP contribution is -2.47. The lowest BCUT2D eigenvalue weighted by molar-refractivity contribution is -0.106. The van der Waals surface area contributed by atoms with Gasteiger partial charge in [0, 0.05) is 31.6 Å². The molecule has 144 valence electrons. The first kappa shape index (κ1) is 19.2. The van der Waals surface area contributed by atoms with Gasteiger partial charge in [0.1, 0.15) is 6.29 Å². The van der Waals surface area contributed by atoms with Gasteiger partial charge in [-0.3, -0.25) is 0 Å². The molecular formula is C19H26N6O2. The molecule has 27 heavy (non-hydrogen) atoms. The highest BCUT2D eigenvalue weighted by Gasteiger charge is 2.32. The Morgan fingerprint density at radius 2 is 2.07 bits per heavy atom. The monoisotopic (exact) mass is 370 g/mol. The normalized spacial score (nSPS) is 14.6. The molecule has 8 nitrogen and oxygen atoms in total. The van der Waals surface area contributed by atoms with E-state index in [4.69, 9.17) is 9.32 Å². The molecule has 1 aromatic carbocycles. The average Bonchev–Trinajstić information content (AvgIpc) is 3.25. The van der Waals surface area contributed by atoms with Crippen LogP contribution in [0.25, 0.3) is 16.9 Å². The first-order chi connectivity index (χ1) is 13.2. The van der Waals surface area contributed by atoms with E-state index in [1.165, 1.54) is 6.92 Å². The van der Waals surface area contributed by atoms with Crippen LogP contribution in [-0.2, 0) is 11.2 Å². The minimum absolute atomic E-state index is 0.329. The predicted octanol–water partition coefficient (Wildman–Crippen LogP) is 1.79. The molecule has 8 heteroatoms. The van der Waals surface area contributed by atoms with E-state index in [1.807, 2.05) is 25.2 Å². The topological polar surface area (TPSA) is 89.1 Å². The zero-order valence-corrected chi connectivity index (χ0v) is 16.1. The van der Waals surface area contributed by atoms with E-state index < -0.39 is 0 Å². The number of likely N-dealkylation sites (N-methyl/N-ethyl adjacent to an activating group) is 1. The van der Waals surface area contributed by atoms with Crippen molar-refractivity contribution in [2.45, 2.75) is 26.2 Å². The van der Waals surface area contributed by atoms with Crippen LogP contribution in [0.3, 0.4) is 0 Å². The first-order valence-electron chi connectivity index (χ1n) is 9.29. The Morgan fingerprint density at radius 3 is 2.78 bits per heavy atom. The van der Waals surface area contributed by atoms with Crippen LogP contribution in [0.5, 0.6) is 0 Å². The molecule has 0 unspecified atom stereocenters. The Kier molecular flexibility index (Phi) is 6.31. The van der Waals surface area contributed by atoms with Crippen molar-refractivity contribution < 1.29 is 9.32 Å². The fourth-order valence-corrected chi connectivity index (χ4v) is 3.20. The predicted molar refractivity (Wildman–Crippen MR) is 103 cm³/mol. The van der Waals surface area contributed by atoms with E-state index in [9.17, 15) is 0 Å². The van der Waals surface area contributed by atoms with Gasteiger partial charge < -0.3 is 19.5 Å². The van der Waals surface area contributed by atoms with Crippen LogP contribution >= 0.6 is 0 Å². The van der Waals surface area contributed by atoms with Crippen LogP contribution in [0.2, 0.25) is 0 Å². The molecule has 1 saturated heterocycles. The number of nitrogens with zero attached hydrogens (tertiary/aromatic N) is 5. The molecule has 0 radical (unpaired) electrons. The number of aryl methyl sites for hydroxylation is 1. The first-order valence-corrected chi connectivity index (χ1v) is 9.29. The summed E-state index contributed by atoms with van der Waals surface area (Å²) in [6, 6.07) is 8.17. The second-order valence-corrected chi connectivity index (χ2v) is 6.46. The molecule has 3 heterocycles. The van der Waals surface area contributed by atoms with Gasteiger partial charge in [-0.25, -0.2) is 0 Å². The number of likely N-dealkylation sites (tertiary alicyclic amines) is 1. The second-order valence-electron chi connectivity index (χ2n) is 6.46. The summed E-state index contributed by atoms with van der Waals surface area (Å²) in [4.78, 5) is 15.8. The maximum atomic E-state index is 8.81. The number of carbonyl (C=O) groups excluding carboxylic acids is 1. The molecule has 1 N–H and O–H groups in total. The van der Waals surface area contributed by atoms with E-state index in [0.717, 1.165) is 55.5 Å². The SMILES string of the molecule is CC=O.CCc1nn(-c2noc(C3CN(CCNC)C3)n2)c2ccccc12. The molecule has 3 aromatic rings. The van der Waals surface area contributed by atoms with Gasteiger partial charge in [-0.05, 0) is 31.6 Å². The highest BCUT2D eigenvalue weighted by molar-refractivity contribution is 5.83. The largest absolute Gasteiger partial charge is 0.337 e. The van der Waals surface area contributed by atoms with Crippen LogP contribution in [0, 0.1) is 0 Å². The zero-order valence-electron chi connectivity index (χ0n) is 16.1. The van der Waals surface area contributed by atoms with Crippen LogP contribution in [0.1, 0.15) is 31.4 Å². The smallest absolute Gasteiger partial charge is 0.291 e. The number of para-hydroxylation sites is 1. The quantitative estimate of drug-likeness (QED) is 0.662. The summed E-state index contributed by atoms with van der Waals surface area (Å²) >= 11 is 0. The molecule has 0 bridgehead atoms. The number of fused-ring (bicyclic) bond motifs is 1. The van der Waals surface area contributed by atoms with Gasteiger partial charge in [0.05, 0.1) is 17.1 Å². The highest BCUT2D eigenvalue weighted by atomic mass is 16.5. The Morgan fingerprint density at radius 1 is 1.33 bits per heavy atom. The molecule has 1 aliphatic heterocycles. The van der Waals surface area contributed by atoms with E-state index in [0.29, 0.717) is 17.8 Å². The van der Waals surface area contributed by atoms with E-state index in [-0.39, 0.29) is 0 Å². The van der Waals surface area contributed by atoms with Crippen LogP contribution in [-0.4, -0.2) is 64.3 Å². The molecular weight excluding hydrogens is 344 g/mol. The van der Waals surface area contributed by atoms with Crippen molar-refractivity contribution in [1.82, 2.24) is 30.1 Å². The minimum Gasteiger partial charge on any atom is -0.337 e. The number of hydrogen-bond donors (Lipinski definition) is 1. The van der Waals surface area contributed by atoms with Crippen molar-refractivity contribution >= 4 is 17.2 Å². The van der Waals surface area contributed by atoms with Crippen molar-refractivity contribution in [1.29, 1.82) is 0 Å². The fraction of sp³-hybridized carbons (Fsp3) is 0.474. The standard InChI is InChI=1S/C17H22N6O.C2H4O/c1-3-14-13-6-4-5-7-15(13)23(20-14)17-19-16(24-21-17)12-10-22(11-12)9-8-18-2;1-2-3/h4-7,12,18H,3,8-11H2,1-2H3;2H,1H3. The molecule has 0 amide bonds. The Labute approximate surface area is 158 Å². The molecule has 0 aliphatic carbocycles. The van der Waals surface area contributed by atoms with Crippen molar-refractivity contribution in [3.63, 3.8) is 0 Å². The summed E-state index contributed by atoms with van der Waals surface area (Å²) in [5.74, 6) is 1.56. The maximum Gasteiger partial charge on any atom is 0.291 e. The van der Waals surface area contributed by atoms with Crippen LogP contribution in [0.4, 0.5) is 0 Å². The molecule has 0 saturated carbocycles. The van der Waals surface area contributed by atoms with E-state index in [2.05, 4.69) is 38.4 Å². The number of hydrogen-bond acceptors (Lipinski definition) is 7. The number of nitrogens with one attached hydrogen (secondary N) is 1. The van der Waals surface area contributed by atoms with Gasteiger partial charge >= 0.3 is 0 Å². The summed E-state index contributed by atoms with van der Waals surface area (Å²) in [7, 11) is 1.97. The molecule has 0 atom stereocenters. The summed E-state index contributed by atoms with van der Waals surface area (Å²) in [5, 5.41) is 13.1. The lowest BCUT2D eigenvalue weighted by atomic mass is 10.0. The van der Waals surface area contributed by atoms with Crippen molar-refractivity contribution in [3.05, 3.63) is 35.9 Å².